The maximum absolute atomic E-state index is 3.30. The highest BCUT2D eigenvalue weighted by atomic mass is 14.5. The Kier molecular flexibility index (Phi) is 13.0. The van der Waals surface area contributed by atoms with Crippen LogP contribution in [0, 0.1) is 349 Å². The quantitative estimate of drug-likeness (QED) is 0.213. The lowest BCUT2D eigenvalue weighted by Crippen LogP contribution is -1.93. The van der Waals surface area contributed by atoms with Gasteiger partial charge in [0.05, 0.1) is 65.0 Å². The van der Waals surface area contributed by atoms with E-state index in [1.54, 1.807) is 0 Å². The average molecular weight is 1060 g/mol. The molecule has 84 heavy (non-hydrogen) atoms. The fraction of sp³-hybridized carbons (Fsp3) is 0.429. The van der Waals surface area contributed by atoms with E-state index < -0.39 is 0 Å². The smallest absolute Gasteiger partial charge is 0.0691 e. The molecule has 12 fully saturated rings. The molecule has 0 aliphatic heterocycles. The molecule has 0 atom stereocenters. The van der Waals surface area contributed by atoms with Crippen LogP contribution in [-0.2, 0) is 0 Å². The highest BCUT2D eigenvalue weighted by Crippen LogP contribution is 2.51. The van der Waals surface area contributed by atoms with Crippen LogP contribution < -0.4 is 0 Å². The van der Waals surface area contributed by atoms with Crippen molar-refractivity contribution in [2.75, 3.05) is 0 Å². The summed E-state index contributed by atoms with van der Waals surface area (Å²) in [7, 11) is 0. The Morgan fingerprint density at radius 2 is 0.131 bits per heavy atom. The largest absolute Gasteiger partial charge is 0.0940 e. The molecule has 0 aromatic heterocycles. The van der Waals surface area contributed by atoms with E-state index in [1.165, 1.54) is 0 Å². The second-order valence-corrected chi connectivity index (χ2v) is 25.0. The van der Waals surface area contributed by atoms with Crippen LogP contribution in [0.15, 0.2) is 0 Å². The van der Waals surface area contributed by atoms with Crippen molar-refractivity contribution in [3.8, 4) is 284 Å². The zero-order valence-corrected chi connectivity index (χ0v) is 47.0. The average Bonchev–Trinajstić information content (AvgIpc) is 4.51. The van der Waals surface area contributed by atoms with E-state index in [1.807, 2.05) is 0 Å². The van der Waals surface area contributed by atoms with Crippen LogP contribution in [0.5, 0.6) is 0 Å². The highest BCUT2D eigenvalue weighted by Gasteiger charge is 2.46. The van der Waals surface area contributed by atoms with Crippen molar-refractivity contribution in [2.45, 2.75) is 154 Å². The molecule has 13 aliphatic carbocycles. The zero-order chi connectivity index (χ0) is 56.9. The predicted octanol–water partition coefficient (Wildman–Crippen LogP) is 9.44. The Balaban J connectivity index is 0.681. The first-order valence-electron chi connectivity index (χ1n) is 29.5. The molecule has 13 rings (SSSR count). The van der Waals surface area contributed by atoms with Crippen molar-refractivity contribution >= 4 is 0 Å². The molecule has 0 aromatic rings. The van der Waals surface area contributed by atoms with Crippen LogP contribution >= 0.6 is 0 Å². The van der Waals surface area contributed by atoms with E-state index in [0.717, 1.165) is 154 Å². The molecule has 384 valence electrons. The Morgan fingerprint density at radius 3 is 0.167 bits per heavy atom. The molecule has 13 aliphatic rings. The maximum atomic E-state index is 3.30. The van der Waals surface area contributed by atoms with E-state index in [9.17, 15) is 0 Å². The van der Waals surface area contributed by atoms with Crippen molar-refractivity contribution in [3.05, 3.63) is 0 Å². The normalized spacial score (nSPS) is 25.1. The molecule has 0 radical (unpaired) electrons. The van der Waals surface area contributed by atoms with Gasteiger partial charge < -0.3 is 0 Å². The molecule has 0 aromatic carbocycles. The van der Waals surface area contributed by atoms with Gasteiger partial charge in [0.25, 0.3) is 0 Å². The van der Waals surface area contributed by atoms with E-state index in [0.29, 0.717) is 0 Å². The molecular weight excluding hydrogens is 1010 g/mol. The summed E-state index contributed by atoms with van der Waals surface area (Å²) < 4.78 is 0. The molecule has 12 saturated carbocycles. The van der Waals surface area contributed by atoms with Gasteiger partial charge in [-0.15, -0.1) is 0 Å². The third kappa shape index (κ3) is 14.3. The van der Waals surface area contributed by atoms with Gasteiger partial charge in [-0.25, -0.2) is 0 Å². The molecular formula is C84H48. The van der Waals surface area contributed by atoms with Crippen molar-refractivity contribution in [3.63, 3.8) is 0 Å². The van der Waals surface area contributed by atoms with Gasteiger partial charge in [-0.3, -0.25) is 0 Å². The minimum atomic E-state index is -0.331. The van der Waals surface area contributed by atoms with Crippen LogP contribution in [0.2, 0.25) is 0 Å². The van der Waals surface area contributed by atoms with E-state index in [2.05, 4.69) is 284 Å². The van der Waals surface area contributed by atoms with Gasteiger partial charge in [0.15, 0.2) is 0 Å². The van der Waals surface area contributed by atoms with Crippen molar-refractivity contribution in [1.29, 1.82) is 0 Å². The molecule has 0 heterocycles. The van der Waals surface area contributed by atoms with E-state index in [-0.39, 0.29) is 65.0 Å². The summed E-state index contributed by atoms with van der Waals surface area (Å²) >= 11 is 0. The Morgan fingerprint density at radius 1 is 0.0833 bits per heavy atom. The molecule has 0 nitrogen and oxygen atoms in total. The summed E-state index contributed by atoms with van der Waals surface area (Å²) in [5.74, 6) is 153. The van der Waals surface area contributed by atoms with E-state index >= 15 is 0 Å². The Hall–Kier alpha value is -10.6. The maximum Gasteiger partial charge on any atom is 0.0940 e. The van der Waals surface area contributed by atoms with Crippen LogP contribution in [0.4, 0.5) is 0 Å². The second kappa shape index (κ2) is 20.8. The van der Waals surface area contributed by atoms with Gasteiger partial charge in [-0.05, 0) is 296 Å². The molecule has 0 amide bonds. The summed E-state index contributed by atoms with van der Waals surface area (Å²) in [6.07, 6.45) is 22.1. The standard InChI is InChI=1S/C84H48/c1-2-26-74(51-52-74)28-5-6-30-76(55-56-76)32-9-10-34-78(59-60-78)36-13-14-38-80(63-64-80)40-17-18-42-82(67-68-82)44-21-22-46-84(71-72-84)48-24-23-47-83(69-70-83)45-20-19-43-81(65-66-81)41-16-15-39-79(61-62-79)37-12-11-35-77(57-58-77)33-8-7-31-75(53-54-75)29-4-3-27-73(25-1)49-50-73/h49-72H2. The first-order chi connectivity index (χ1) is 41.0. The number of hydrogen-bond donors (Lipinski definition) is 0. The first-order valence-corrected chi connectivity index (χ1v) is 29.5. The van der Waals surface area contributed by atoms with Gasteiger partial charge in [-0.2, -0.15) is 0 Å². The van der Waals surface area contributed by atoms with Gasteiger partial charge in [0, 0.05) is 0 Å². The predicted molar refractivity (Wildman–Crippen MR) is 327 cm³/mol. The fourth-order valence-electron chi connectivity index (χ4n) is 8.50. The Bertz CT molecular complexity index is 3370. The lowest BCUT2D eigenvalue weighted by molar-refractivity contribution is 0.936. The number of hydrogen-bond acceptors (Lipinski definition) is 0. The van der Waals surface area contributed by atoms with Gasteiger partial charge >= 0.3 is 0 Å². The topological polar surface area (TPSA) is 0 Å². The minimum absolute atomic E-state index is 0.331. The van der Waals surface area contributed by atoms with Crippen molar-refractivity contribution in [2.24, 2.45) is 65.0 Å². The lowest BCUT2D eigenvalue weighted by atomic mass is 10.1. The molecule has 0 heteroatoms. The summed E-state index contributed by atoms with van der Waals surface area (Å²) in [4.78, 5) is 0. The monoisotopic (exact) mass is 1060 g/mol. The van der Waals surface area contributed by atoms with Gasteiger partial charge in [0.2, 0.25) is 0 Å². The lowest BCUT2D eigenvalue weighted by Gasteiger charge is -1.93. The summed E-state index contributed by atoms with van der Waals surface area (Å²) in [6.45, 7) is 0. The second-order valence-electron chi connectivity index (χ2n) is 25.0. The van der Waals surface area contributed by atoms with Crippen molar-refractivity contribution in [1.82, 2.24) is 0 Å². The van der Waals surface area contributed by atoms with Crippen molar-refractivity contribution < 1.29 is 0 Å². The van der Waals surface area contributed by atoms with Crippen LogP contribution in [0.25, 0.3) is 0 Å². The Labute approximate surface area is 500 Å². The SMILES string of the molecule is C1#CC2(C#CC#CC3(C#CC#CC4(C#CC#CC5(C#CC#CC6(C#CC#CC7(C#CC#CC8(C#CC#CC9(C#CC#CC%10(C#CC#CC%11(C#CC#CC%12(C#CC#CC%13(C#C1)CC%13)CC%12)CC%11)CC%10)CC9)CC8)CC7)CC6)CC5)CC4)CC3)CC2. The third-order valence-electron chi connectivity index (χ3n) is 17.0. The molecule has 0 N–H and O–H groups in total. The first kappa shape index (κ1) is 52.8. The molecule has 0 bridgehead atoms. The van der Waals surface area contributed by atoms with Crippen LogP contribution in [-0.4, -0.2) is 0 Å². The minimum Gasteiger partial charge on any atom is -0.0691 e. The summed E-state index contributed by atoms with van der Waals surface area (Å²) in [6, 6.07) is 0. The third-order valence-corrected chi connectivity index (χ3v) is 17.0. The fourth-order valence-corrected chi connectivity index (χ4v) is 8.50. The zero-order valence-electron chi connectivity index (χ0n) is 47.0. The summed E-state index contributed by atoms with van der Waals surface area (Å²) in [5.41, 5.74) is -3.97. The van der Waals surface area contributed by atoms with Gasteiger partial charge in [0.1, 0.15) is 0 Å². The highest BCUT2D eigenvalue weighted by molar-refractivity contribution is 5.54. The summed E-state index contributed by atoms with van der Waals surface area (Å²) in [5, 5.41) is 0. The molecule has 0 unspecified atom stereocenters. The molecule has 12 spiro atoms. The van der Waals surface area contributed by atoms with E-state index in [4.69, 9.17) is 0 Å². The number of rotatable bonds is 0. The van der Waals surface area contributed by atoms with Crippen LogP contribution in [0.1, 0.15) is 154 Å². The molecule has 0 saturated heterocycles. The van der Waals surface area contributed by atoms with Gasteiger partial charge in [-0.1, -0.05) is 142 Å². The van der Waals surface area contributed by atoms with Crippen LogP contribution in [0.3, 0.4) is 0 Å².